The zero-order valence-electron chi connectivity index (χ0n) is 21.3. The van der Waals surface area contributed by atoms with E-state index in [4.69, 9.17) is 9.47 Å². The Bertz CT molecular complexity index is 1310. The number of methoxy groups -OCH3 is 1. The van der Waals surface area contributed by atoms with Crippen molar-refractivity contribution in [2.24, 2.45) is 0 Å². The van der Waals surface area contributed by atoms with E-state index < -0.39 is 0 Å². The molecule has 0 spiro atoms. The van der Waals surface area contributed by atoms with E-state index in [0.717, 1.165) is 38.0 Å². The molecule has 0 saturated carbocycles. The summed E-state index contributed by atoms with van der Waals surface area (Å²) in [6.45, 7) is 4.36. The van der Waals surface area contributed by atoms with Gasteiger partial charge in [0.15, 0.2) is 11.5 Å². The Morgan fingerprint density at radius 1 is 0.892 bits per heavy atom. The number of halogens is 1. The van der Waals surface area contributed by atoms with Crippen LogP contribution in [0.1, 0.15) is 47.6 Å². The van der Waals surface area contributed by atoms with Gasteiger partial charge in [0, 0.05) is 26.6 Å². The topological polar surface area (TPSA) is 38.8 Å². The van der Waals surface area contributed by atoms with Gasteiger partial charge >= 0.3 is 5.97 Å². The molecule has 4 nitrogen and oxygen atoms in total. The van der Waals surface area contributed by atoms with E-state index in [9.17, 15) is 4.79 Å². The number of likely N-dealkylation sites (tertiary alicyclic amines) is 1. The highest BCUT2D eigenvalue weighted by atomic mass is 35.5. The fourth-order valence-corrected chi connectivity index (χ4v) is 5.07. The third-order valence-electron chi connectivity index (χ3n) is 6.83. The summed E-state index contributed by atoms with van der Waals surface area (Å²) < 4.78 is 10.6. The highest BCUT2D eigenvalue weighted by Crippen LogP contribution is 2.38. The number of hydrogen-bond acceptors (Lipinski definition) is 4. The van der Waals surface area contributed by atoms with Crippen molar-refractivity contribution >= 4 is 42.2 Å². The molecular weight excluding hydrogens is 482 g/mol. The van der Waals surface area contributed by atoms with Crippen molar-refractivity contribution in [1.29, 1.82) is 0 Å². The number of piperidine rings is 1. The van der Waals surface area contributed by atoms with E-state index in [2.05, 4.69) is 77.7 Å². The molecule has 0 radical (unpaired) electrons. The predicted octanol–water partition coefficient (Wildman–Crippen LogP) is 7.14. The molecule has 1 saturated heterocycles. The van der Waals surface area contributed by atoms with Crippen molar-refractivity contribution in [3.63, 3.8) is 0 Å². The van der Waals surface area contributed by atoms with Gasteiger partial charge in [0.05, 0.1) is 7.11 Å². The van der Waals surface area contributed by atoms with E-state index in [-0.39, 0.29) is 18.4 Å². The Morgan fingerprint density at radius 2 is 1.51 bits per heavy atom. The summed E-state index contributed by atoms with van der Waals surface area (Å²) in [4.78, 5) is 13.8. The standard InChI is InChI=1S/C32H31NO3.ClH/c1-23(34)36-30-16-13-24(22-31(30)35-2)8-7-19-33-20-17-27(18-21-33)32-28-11-5-3-9-25(28)14-15-26-10-4-6-12-29(26)32;/h3-16,22H,17-21H2,1-2H3;1H. The lowest BCUT2D eigenvalue weighted by molar-refractivity contribution is -0.132. The summed E-state index contributed by atoms with van der Waals surface area (Å²) in [7, 11) is 1.58. The molecule has 1 fully saturated rings. The first-order valence-electron chi connectivity index (χ1n) is 12.5. The van der Waals surface area contributed by atoms with E-state index in [0.29, 0.717) is 11.5 Å². The summed E-state index contributed by atoms with van der Waals surface area (Å²) in [5, 5.41) is 0. The number of ether oxygens (including phenoxy) is 2. The third-order valence-corrected chi connectivity index (χ3v) is 6.83. The van der Waals surface area contributed by atoms with E-state index in [1.807, 2.05) is 12.1 Å². The maximum atomic E-state index is 11.3. The lowest BCUT2D eigenvalue weighted by Gasteiger charge is -2.29. The largest absolute Gasteiger partial charge is 0.493 e. The molecule has 0 N–H and O–H groups in total. The van der Waals surface area contributed by atoms with E-state index in [1.165, 1.54) is 34.8 Å². The summed E-state index contributed by atoms with van der Waals surface area (Å²) >= 11 is 0. The maximum Gasteiger partial charge on any atom is 0.308 e. The molecule has 3 aromatic carbocycles. The Balaban J connectivity index is 0.00000320. The molecule has 1 heterocycles. The first kappa shape index (κ1) is 26.5. The van der Waals surface area contributed by atoms with Crippen LogP contribution in [0.3, 0.4) is 0 Å². The van der Waals surface area contributed by atoms with Gasteiger partial charge in [-0.2, -0.15) is 0 Å². The van der Waals surface area contributed by atoms with Gasteiger partial charge in [-0.15, -0.1) is 12.4 Å². The van der Waals surface area contributed by atoms with Crippen LogP contribution in [0.4, 0.5) is 0 Å². The van der Waals surface area contributed by atoms with Gasteiger partial charge in [0.25, 0.3) is 0 Å². The van der Waals surface area contributed by atoms with E-state index >= 15 is 0 Å². The summed E-state index contributed by atoms with van der Waals surface area (Å²) in [6.07, 6.45) is 10.9. The van der Waals surface area contributed by atoms with Gasteiger partial charge in [-0.05, 0) is 58.4 Å². The molecule has 0 unspecified atom stereocenters. The summed E-state index contributed by atoms with van der Waals surface area (Å²) in [5.41, 5.74) is 9.24. The smallest absolute Gasteiger partial charge is 0.308 e. The van der Waals surface area contributed by atoms with Crippen LogP contribution < -0.4 is 9.47 Å². The number of carbonyl (C=O) groups excluding carboxylic acids is 1. The number of fused-ring (bicyclic) bond motifs is 2. The van der Waals surface area contributed by atoms with Crippen LogP contribution in [0.2, 0.25) is 0 Å². The second-order valence-corrected chi connectivity index (χ2v) is 9.19. The quantitative estimate of drug-likeness (QED) is 0.210. The number of benzene rings is 3. The van der Waals surface area contributed by atoms with Gasteiger partial charge in [0.2, 0.25) is 0 Å². The zero-order chi connectivity index (χ0) is 24.9. The normalized spacial score (nSPS) is 15.0. The van der Waals surface area contributed by atoms with Crippen molar-refractivity contribution in [2.45, 2.75) is 19.8 Å². The molecule has 3 aromatic rings. The molecule has 1 aliphatic heterocycles. The molecule has 2 aliphatic rings. The van der Waals surface area contributed by atoms with Gasteiger partial charge < -0.3 is 9.47 Å². The lowest BCUT2D eigenvalue weighted by Crippen LogP contribution is -2.31. The van der Waals surface area contributed by atoms with Gasteiger partial charge in [-0.25, -0.2) is 0 Å². The zero-order valence-corrected chi connectivity index (χ0v) is 22.1. The molecule has 5 rings (SSSR count). The Kier molecular flexibility index (Phi) is 8.65. The van der Waals surface area contributed by atoms with Crippen LogP contribution in [-0.4, -0.2) is 37.6 Å². The lowest BCUT2D eigenvalue weighted by atomic mass is 9.86. The fraction of sp³-hybridized carbons (Fsp3) is 0.219. The van der Waals surface area contributed by atoms with Crippen molar-refractivity contribution in [1.82, 2.24) is 4.90 Å². The van der Waals surface area contributed by atoms with Crippen LogP contribution in [0, 0.1) is 0 Å². The molecule has 0 bridgehead atoms. The fourth-order valence-electron chi connectivity index (χ4n) is 5.07. The first-order chi connectivity index (χ1) is 17.6. The SMILES string of the molecule is COc1cc(C=CCN2CCC(=C3c4ccccc4C=Cc4ccccc43)CC2)ccc1OC(C)=O.Cl. The highest BCUT2D eigenvalue weighted by molar-refractivity contribution is 5.95. The highest BCUT2D eigenvalue weighted by Gasteiger charge is 2.22. The molecule has 1 aliphatic carbocycles. The maximum absolute atomic E-state index is 11.3. The Morgan fingerprint density at radius 3 is 2.11 bits per heavy atom. The monoisotopic (exact) mass is 513 g/mol. The first-order valence-corrected chi connectivity index (χ1v) is 12.5. The van der Waals surface area contributed by atoms with Gasteiger partial charge in [-0.3, -0.25) is 9.69 Å². The Hall–Kier alpha value is -3.60. The minimum atomic E-state index is -0.358. The van der Waals surface area contributed by atoms with E-state index in [1.54, 1.807) is 18.7 Å². The molecule has 5 heteroatoms. The van der Waals surface area contributed by atoms with Crippen molar-refractivity contribution in [3.8, 4) is 11.5 Å². The minimum Gasteiger partial charge on any atom is -0.493 e. The van der Waals surface area contributed by atoms with Crippen LogP contribution in [-0.2, 0) is 4.79 Å². The molecule has 0 atom stereocenters. The van der Waals surface area contributed by atoms with Crippen LogP contribution in [0.5, 0.6) is 11.5 Å². The number of hydrogen-bond donors (Lipinski definition) is 0. The summed E-state index contributed by atoms with van der Waals surface area (Å²) in [5.74, 6) is 0.638. The molecular formula is C32H32ClNO3. The van der Waals surface area contributed by atoms with Crippen molar-refractivity contribution in [3.05, 3.63) is 106 Å². The molecule has 37 heavy (non-hydrogen) atoms. The minimum absolute atomic E-state index is 0. The number of nitrogens with zero attached hydrogens (tertiary/aromatic N) is 1. The van der Waals surface area contributed by atoms with Gasteiger partial charge in [-0.1, -0.05) is 84.5 Å². The third kappa shape index (κ3) is 6.04. The van der Waals surface area contributed by atoms with Crippen molar-refractivity contribution in [2.75, 3.05) is 26.7 Å². The molecule has 0 amide bonds. The summed E-state index contributed by atoms with van der Waals surface area (Å²) in [6, 6.07) is 23.1. The second kappa shape index (κ2) is 12.1. The average molecular weight is 514 g/mol. The van der Waals surface area contributed by atoms with Gasteiger partial charge in [0.1, 0.15) is 0 Å². The van der Waals surface area contributed by atoms with Crippen molar-refractivity contribution < 1.29 is 14.3 Å². The molecule has 0 aromatic heterocycles. The number of rotatable bonds is 5. The molecule has 190 valence electrons. The van der Waals surface area contributed by atoms with Crippen LogP contribution >= 0.6 is 12.4 Å². The van der Waals surface area contributed by atoms with Crippen LogP contribution in [0.15, 0.2) is 78.4 Å². The Labute approximate surface area is 225 Å². The number of carbonyl (C=O) groups is 1. The second-order valence-electron chi connectivity index (χ2n) is 9.19. The predicted molar refractivity (Wildman–Crippen MR) is 154 cm³/mol. The number of esters is 1. The van der Waals surface area contributed by atoms with Crippen LogP contribution in [0.25, 0.3) is 23.8 Å². The average Bonchev–Trinajstić information content (AvgIpc) is 3.07.